The summed E-state index contributed by atoms with van der Waals surface area (Å²) in [6.07, 6.45) is 16.6. The van der Waals surface area contributed by atoms with Crippen molar-refractivity contribution >= 4 is 25.4 Å². The molecule has 0 fully saturated rings. The van der Waals surface area contributed by atoms with Crippen molar-refractivity contribution in [2.75, 3.05) is 47.5 Å². The first kappa shape index (κ1) is 32.8. The number of likely N-dealkylation sites (N-methyl/N-ethyl adjacent to an activating group) is 1. The highest BCUT2D eigenvalue weighted by molar-refractivity contribution is 7.45. The van der Waals surface area contributed by atoms with Gasteiger partial charge in [0.2, 0.25) is 0 Å². The standard InChI is InChI=1S/C24H49ClNO6P/c1-5-6-7-8-9-10-11-12-13-14-15-16-17-18-24(27)30-21-23(25)22-32-33(28,29)31-20-19-26(2,3)4/h23H,5-22H2,1-4H3/t23-/m1/s1. The Bertz CT molecular complexity index is 530. The predicted molar refractivity (Wildman–Crippen MR) is 133 cm³/mol. The molecule has 198 valence electrons. The van der Waals surface area contributed by atoms with E-state index in [-0.39, 0.29) is 25.8 Å². The van der Waals surface area contributed by atoms with E-state index in [0.29, 0.717) is 17.4 Å². The van der Waals surface area contributed by atoms with Gasteiger partial charge in [-0.25, -0.2) is 0 Å². The lowest BCUT2D eigenvalue weighted by Crippen LogP contribution is -2.37. The van der Waals surface area contributed by atoms with Gasteiger partial charge in [0, 0.05) is 6.42 Å². The van der Waals surface area contributed by atoms with E-state index in [0.717, 1.165) is 19.3 Å². The number of unbranched alkanes of at least 4 members (excludes halogenated alkanes) is 12. The number of nitrogens with zero attached hydrogens (tertiary/aromatic N) is 1. The van der Waals surface area contributed by atoms with Crippen LogP contribution in [0.15, 0.2) is 0 Å². The monoisotopic (exact) mass is 513 g/mol. The maximum absolute atomic E-state index is 11.8. The third-order valence-electron chi connectivity index (χ3n) is 5.33. The molecule has 33 heavy (non-hydrogen) atoms. The van der Waals surface area contributed by atoms with E-state index in [4.69, 9.17) is 25.4 Å². The molecule has 0 rings (SSSR count). The number of esters is 1. The number of phosphoric ester groups is 1. The third-order valence-corrected chi connectivity index (χ3v) is 6.55. The Kier molecular flexibility index (Phi) is 20.0. The second kappa shape index (κ2) is 20.1. The molecule has 0 amide bonds. The molecular formula is C24H49ClNO6P. The lowest BCUT2D eigenvalue weighted by molar-refractivity contribution is -0.870. The molecule has 7 nitrogen and oxygen atoms in total. The van der Waals surface area contributed by atoms with Crippen molar-refractivity contribution in [2.24, 2.45) is 0 Å². The van der Waals surface area contributed by atoms with Gasteiger partial charge in [0.15, 0.2) is 0 Å². The minimum absolute atomic E-state index is 0.0331. The van der Waals surface area contributed by atoms with Crippen LogP contribution in [0.2, 0.25) is 0 Å². The Labute approximate surface area is 207 Å². The summed E-state index contributed by atoms with van der Waals surface area (Å²) in [4.78, 5) is 23.5. The number of carbonyl (C=O) groups excluding carboxylic acids is 1. The maximum Gasteiger partial charge on any atom is 0.305 e. The van der Waals surface area contributed by atoms with Crippen molar-refractivity contribution in [1.82, 2.24) is 0 Å². The Balaban J connectivity index is 3.57. The lowest BCUT2D eigenvalue weighted by atomic mass is 10.0. The summed E-state index contributed by atoms with van der Waals surface area (Å²) in [6.45, 7) is 2.43. The molecule has 0 N–H and O–H groups in total. The van der Waals surface area contributed by atoms with Gasteiger partial charge >= 0.3 is 5.97 Å². The second-order valence-corrected chi connectivity index (χ2v) is 11.9. The second-order valence-electron chi connectivity index (χ2n) is 9.86. The zero-order valence-corrected chi connectivity index (χ0v) is 23.2. The van der Waals surface area contributed by atoms with Crippen molar-refractivity contribution in [1.29, 1.82) is 0 Å². The third kappa shape index (κ3) is 24.7. The van der Waals surface area contributed by atoms with Gasteiger partial charge in [-0.1, -0.05) is 84.0 Å². The topological polar surface area (TPSA) is 84.9 Å². The van der Waals surface area contributed by atoms with Gasteiger partial charge in [-0.3, -0.25) is 9.36 Å². The number of carbonyl (C=O) groups is 1. The first-order valence-electron chi connectivity index (χ1n) is 12.8. The predicted octanol–water partition coefficient (Wildman–Crippen LogP) is 5.83. The van der Waals surface area contributed by atoms with E-state index >= 15 is 0 Å². The quantitative estimate of drug-likeness (QED) is 0.0562. The van der Waals surface area contributed by atoms with E-state index < -0.39 is 13.2 Å². The van der Waals surface area contributed by atoms with Crippen LogP contribution in [0, 0.1) is 0 Å². The number of quaternary nitrogens is 1. The number of alkyl halides is 1. The summed E-state index contributed by atoms with van der Waals surface area (Å²) in [5.41, 5.74) is 0. The molecule has 0 saturated heterocycles. The summed E-state index contributed by atoms with van der Waals surface area (Å²) in [5.74, 6) is -0.312. The van der Waals surface area contributed by atoms with Gasteiger partial charge in [-0.05, 0) is 6.42 Å². The van der Waals surface area contributed by atoms with Gasteiger partial charge in [-0.15, -0.1) is 11.6 Å². The summed E-state index contributed by atoms with van der Waals surface area (Å²) in [7, 11) is 1.39. The highest BCUT2D eigenvalue weighted by Crippen LogP contribution is 2.38. The number of hydrogen-bond acceptors (Lipinski definition) is 6. The molecule has 2 atom stereocenters. The molecular weight excluding hydrogens is 465 g/mol. The lowest BCUT2D eigenvalue weighted by Gasteiger charge is -2.27. The average molecular weight is 514 g/mol. The van der Waals surface area contributed by atoms with Gasteiger partial charge in [0.05, 0.1) is 33.1 Å². The number of ether oxygens (including phenoxy) is 1. The fraction of sp³-hybridized carbons (Fsp3) is 0.958. The number of phosphoric acid groups is 1. The number of hydrogen-bond donors (Lipinski definition) is 0. The van der Waals surface area contributed by atoms with Crippen molar-refractivity contribution in [3.8, 4) is 0 Å². The molecule has 9 heteroatoms. The van der Waals surface area contributed by atoms with Crippen LogP contribution in [0.5, 0.6) is 0 Å². The smallest absolute Gasteiger partial charge is 0.305 e. The zero-order chi connectivity index (χ0) is 25.0. The largest absolute Gasteiger partial charge is 0.756 e. The fourth-order valence-corrected chi connectivity index (χ4v) is 4.18. The van der Waals surface area contributed by atoms with Crippen LogP contribution in [0.3, 0.4) is 0 Å². The SMILES string of the molecule is CCCCCCCCCCCCCCCC(=O)OC[C@@H](Cl)COP(=O)([O-])OCC[N+](C)(C)C. The summed E-state index contributed by atoms with van der Waals surface area (Å²) in [6, 6.07) is 0. The number of halogens is 1. The van der Waals surface area contributed by atoms with E-state index in [1.165, 1.54) is 64.2 Å². The van der Waals surface area contributed by atoms with Crippen molar-refractivity contribution in [3.63, 3.8) is 0 Å². The van der Waals surface area contributed by atoms with Crippen LogP contribution in [-0.2, 0) is 23.1 Å². The molecule has 0 spiro atoms. The highest BCUT2D eigenvalue weighted by atomic mass is 35.5. The van der Waals surface area contributed by atoms with Crippen LogP contribution in [0.4, 0.5) is 0 Å². The number of rotatable bonds is 23. The first-order valence-corrected chi connectivity index (χ1v) is 14.7. The zero-order valence-electron chi connectivity index (χ0n) is 21.5. The van der Waals surface area contributed by atoms with E-state index in [9.17, 15) is 14.3 Å². The van der Waals surface area contributed by atoms with Crippen LogP contribution in [0.1, 0.15) is 96.8 Å². The van der Waals surface area contributed by atoms with Crippen LogP contribution < -0.4 is 4.89 Å². The van der Waals surface area contributed by atoms with Gasteiger partial charge < -0.3 is 23.2 Å². The Morgan fingerprint density at radius 1 is 0.848 bits per heavy atom. The van der Waals surface area contributed by atoms with Gasteiger partial charge in [-0.2, -0.15) is 0 Å². The van der Waals surface area contributed by atoms with Crippen molar-refractivity contribution < 1.29 is 32.5 Å². The summed E-state index contributed by atoms with van der Waals surface area (Å²) in [5, 5.41) is -0.745. The summed E-state index contributed by atoms with van der Waals surface area (Å²) < 4.78 is 27.0. The molecule has 0 heterocycles. The van der Waals surface area contributed by atoms with Gasteiger partial charge in [0.25, 0.3) is 7.82 Å². The molecule has 0 aromatic rings. The van der Waals surface area contributed by atoms with E-state index in [1.807, 2.05) is 21.1 Å². The Hall–Kier alpha value is -0.170. The minimum Gasteiger partial charge on any atom is -0.756 e. The van der Waals surface area contributed by atoms with Crippen LogP contribution in [-0.4, -0.2) is 63.3 Å². The summed E-state index contributed by atoms with van der Waals surface area (Å²) >= 11 is 6.00. The highest BCUT2D eigenvalue weighted by Gasteiger charge is 2.16. The van der Waals surface area contributed by atoms with E-state index in [1.54, 1.807) is 0 Å². The van der Waals surface area contributed by atoms with Crippen molar-refractivity contribution in [3.05, 3.63) is 0 Å². The molecule has 0 aromatic carbocycles. The Morgan fingerprint density at radius 2 is 1.33 bits per heavy atom. The molecule has 0 bridgehead atoms. The van der Waals surface area contributed by atoms with Crippen molar-refractivity contribution in [2.45, 2.75) is 102 Å². The van der Waals surface area contributed by atoms with Crippen LogP contribution in [0.25, 0.3) is 0 Å². The van der Waals surface area contributed by atoms with Crippen LogP contribution >= 0.6 is 19.4 Å². The Morgan fingerprint density at radius 3 is 1.82 bits per heavy atom. The molecule has 0 aromatic heterocycles. The molecule has 1 unspecified atom stereocenters. The molecule has 0 radical (unpaired) electrons. The molecule has 0 saturated carbocycles. The first-order chi connectivity index (χ1) is 15.6. The fourth-order valence-electron chi connectivity index (χ4n) is 3.23. The molecule has 0 aliphatic rings. The molecule has 0 aliphatic heterocycles. The van der Waals surface area contributed by atoms with E-state index in [2.05, 4.69) is 6.92 Å². The average Bonchev–Trinajstić information content (AvgIpc) is 2.73. The minimum atomic E-state index is -4.41. The normalized spacial score (nSPS) is 14.7. The molecule has 0 aliphatic carbocycles. The van der Waals surface area contributed by atoms with Gasteiger partial charge in [0.1, 0.15) is 19.8 Å². The maximum atomic E-state index is 11.8.